The van der Waals surface area contributed by atoms with Gasteiger partial charge < -0.3 is 9.73 Å². The molecule has 1 aliphatic rings. The van der Waals surface area contributed by atoms with E-state index in [2.05, 4.69) is 5.32 Å². The highest BCUT2D eigenvalue weighted by Crippen LogP contribution is 2.35. The first kappa shape index (κ1) is 21.9. The second-order valence-electron chi connectivity index (χ2n) is 7.99. The third kappa shape index (κ3) is 4.35. The third-order valence-electron chi connectivity index (χ3n) is 5.72. The van der Waals surface area contributed by atoms with Crippen LogP contribution in [0.1, 0.15) is 36.0 Å². The fourth-order valence-electron chi connectivity index (χ4n) is 4.02. The molecule has 0 bridgehead atoms. The summed E-state index contributed by atoms with van der Waals surface area (Å²) in [7, 11) is 0. The number of anilines is 1. The number of para-hydroxylation sites is 1. The van der Waals surface area contributed by atoms with Crippen molar-refractivity contribution < 1.29 is 13.6 Å². The summed E-state index contributed by atoms with van der Waals surface area (Å²) in [5.74, 6) is -0.233. The summed E-state index contributed by atoms with van der Waals surface area (Å²) < 4.78 is 21.0. The molecule has 1 aliphatic carbocycles. The SMILES string of the molecule is CC(Sc1nc2sc3c(c2c(=O)n1Cc1ccco1)CCCC3)C(=O)Nc1ccccc1F. The van der Waals surface area contributed by atoms with Gasteiger partial charge in [-0.05, 0) is 62.4 Å². The number of nitrogens with zero attached hydrogens (tertiary/aromatic N) is 2. The molecule has 1 amide bonds. The molecule has 0 saturated carbocycles. The van der Waals surface area contributed by atoms with E-state index in [1.807, 2.05) is 6.07 Å². The van der Waals surface area contributed by atoms with Crippen LogP contribution in [0.25, 0.3) is 10.2 Å². The van der Waals surface area contributed by atoms with Gasteiger partial charge in [-0.15, -0.1) is 11.3 Å². The Morgan fingerprint density at radius 3 is 2.88 bits per heavy atom. The molecule has 4 aromatic rings. The molecule has 0 saturated heterocycles. The third-order valence-corrected chi connectivity index (χ3v) is 7.99. The van der Waals surface area contributed by atoms with Gasteiger partial charge in [-0.3, -0.25) is 14.2 Å². The highest BCUT2D eigenvalue weighted by molar-refractivity contribution is 8.00. The van der Waals surface area contributed by atoms with Crippen LogP contribution in [0.2, 0.25) is 0 Å². The Morgan fingerprint density at radius 1 is 1.27 bits per heavy atom. The van der Waals surface area contributed by atoms with E-state index in [0.717, 1.165) is 31.2 Å². The molecular formula is C24H22FN3O3S2. The summed E-state index contributed by atoms with van der Waals surface area (Å²) in [4.78, 5) is 33.2. The zero-order valence-electron chi connectivity index (χ0n) is 18.0. The molecule has 33 heavy (non-hydrogen) atoms. The number of hydrogen-bond acceptors (Lipinski definition) is 6. The number of carbonyl (C=O) groups is 1. The molecule has 0 radical (unpaired) electrons. The zero-order valence-corrected chi connectivity index (χ0v) is 19.6. The maximum Gasteiger partial charge on any atom is 0.263 e. The lowest BCUT2D eigenvalue weighted by atomic mass is 9.97. The maximum absolute atomic E-state index is 14.0. The monoisotopic (exact) mass is 483 g/mol. The smallest absolute Gasteiger partial charge is 0.263 e. The predicted molar refractivity (Wildman–Crippen MR) is 129 cm³/mol. The van der Waals surface area contributed by atoms with E-state index in [9.17, 15) is 14.0 Å². The first-order valence-corrected chi connectivity index (χ1v) is 12.5. The number of halogens is 1. The van der Waals surface area contributed by atoms with E-state index in [1.54, 1.807) is 47.3 Å². The van der Waals surface area contributed by atoms with Gasteiger partial charge in [0.1, 0.15) is 16.4 Å². The number of benzene rings is 1. The molecule has 170 valence electrons. The average Bonchev–Trinajstić information content (AvgIpc) is 3.45. The van der Waals surface area contributed by atoms with Gasteiger partial charge in [-0.1, -0.05) is 23.9 Å². The highest BCUT2D eigenvalue weighted by atomic mass is 32.2. The number of rotatable bonds is 6. The van der Waals surface area contributed by atoms with Gasteiger partial charge in [0.15, 0.2) is 5.16 Å². The van der Waals surface area contributed by atoms with Crippen molar-refractivity contribution in [3.8, 4) is 0 Å². The van der Waals surface area contributed by atoms with Gasteiger partial charge in [0.05, 0.1) is 29.1 Å². The van der Waals surface area contributed by atoms with Crippen molar-refractivity contribution in [2.24, 2.45) is 0 Å². The number of thioether (sulfide) groups is 1. The summed E-state index contributed by atoms with van der Waals surface area (Å²) >= 11 is 2.76. The number of amides is 1. The van der Waals surface area contributed by atoms with Crippen molar-refractivity contribution in [3.05, 3.63) is 75.0 Å². The minimum absolute atomic E-state index is 0.111. The molecule has 9 heteroatoms. The first-order chi connectivity index (χ1) is 16.0. The van der Waals surface area contributed by atoms with E-state index in [1.165, 1.54) is 28.8 Å². The number of fused-ring (bicyclic) bond motifs is 3. The Morgan fingerprint density at radius 2 is 2.09 bits per heavy atom. The molecule has 0 aliphatic heterocycles. The summed E-state index contributed by atoms with van der Waals surface area (Å²) in [5.41, 5.74) is 1.13. The number of aromatic nitrogens is 2. The molecule has 1 aromatic carbocycles. The Labute approximate surface area is 197 Å². The molecule has 6 nitrogen and oxygen atoms in total. The summed E-state index contributed by atoms with van der Waals surface area (Å²) in [5, 5.41) is 3.15. The van der Waals surface area contributed by atoms with E-state index in [-0.39, 0.29) is 23.7 Å². The summed E-state index contributed by atoms with van der Waals surface area (Å²) in [6, 6.07) is 9.61. The van der Waals surface area contributed by atoms with Crippen molar-refractivity contribution >= 4 is 44.9 Å². The zero-order chi connectivity index (χ0) is 22.9. The normalized spacial score (nSPS) is 14.2. The number of furan rings is 1. The number of aryl methyl sites for hydroxylation is 2. The Bertz CT molecular complexity index is 1380. The number of carbonyl (C=O) groups excluding carboxylic acids is 1. The van der Waals surface area contributed by atoms with Crippen LogP contribution in [0.4, 0.5) is 10.1 Å². The van der Waals surface area contributed by atoms with Crippen LogP contribution in [-0.2, 0) is 24.2 Å². The lowest BCUT2D eigenvalue weighted by Gasteiger charge is -2.16. The largest absolute Gasteiger partial charge is 0.467 e. The van der Waals surface area contributed by atoms with Crippen molar-refractivity contribution in [3.63, 3.8) is 0 Å². The van der Waals surface area contributed by atoms with Crippen LogP contribution in [0, 0.1) is 5.82 Å². The van der Waals surface area contributed by atoms with Crippen LogP contribution in [0.5, 0.6) is 0 Å². The summed E-state index contributed by atoms with van der Waals surface area (Å²) in [6.45, 7) is 1.94. The lowest BCUT2D eigenvalue weighted by molar-refractivity contribution is -0.115. The van der Waals surface area contributed by atoms with Crippen LogP contribution in [-0.4, -0.2) is 20.7 Å². The number of nitrogens with one attached hydrogen (secondary N) is 1. The second-order valence-corrected chi connectivity index (χ2v) is 10.4. The average molecular weight is 484 g/mol. The number of hydrogen-bond donors (Lipinski definition) is 1. The van der Waals surface area contributed by atoms with Crippen LogP contribution in [0.3, 0.4) is 0 Å². The molecule has 3 heterocycles. The maximum atomic E-state index is 14.0. The fourth-order valence-corrected chi connectivity index (χ4v) is 6.23. The molecule has 1 unspecified atom stereocenters. The van der Waals surface area contributed by atoms with Gasteiger partial charge in [0.25, 0.3) is 5.56 Å². The van der Waals surface area contributed by atoms with Crippen molar-refractivity contribution in [2.45, 2.75) is 49.6 Å². The summed E-state index contributed by atoms with van der Waals surface area (Å²) in [6.07, 6.45) is 5.62. The van der Waals surface area contributed by atoms with Crippen LogP contribution < -0.4 is 10.9 Å². The molecule has 1 atom stereocenters. The molecule has 3 aromatic heterocycles. The Kier molecular flexibility index (Phi) is 6.07. The van der Waals surface area contributed by atoms with E-state index >= 15 is 0 Å². The van der Waals surface area contributed by atoms with Gasteiger partial charge in [-0.2, -0.15) is 0 Å². The van der Waals surface area contributed by atoms with Gasteiger partial charge in [-0.25, -0.2) is 9.37 Å². The van der Waals surface area contributed by atoms with Gasteiger partial charge in [0, 0.05) is 4.88 Å². The number of thiophene rings is 1. The fraction of sp³-hybridized carbons (Fsp3) is 0.292. The van der Waals surface area contributed by atoms with E-state index < -0.39 is 11.1 Å². The standard InChI is InChI=1S/C24H22FN3O3S2/c1-14(21(29)26-18-10-4-3-9-17(18)25)32-24-27-22-20(16-8-2-5-11-19(16)33-22)23(30)28(24)13-15-7-6-12-31-15/h3-4,6-7,9-10,12,14H,2,5,8,11,13H2,1H3,(H,26,29). The highest BCUT2D eigenvalue weighted by Gasteiger charge is 2.25. The minimum Gasteiger partial charge on any atom is -0.467 e. The Hall–Kier alpha value is -2.91. The molecule has 1 N–H and O–H groups in total. The molecule has 0 spiro atoms. The predicted octanol–water partition coefficient (Wildman–Crippen LogP) is 5.24. The Balaban J connectivity index is 1.51. The van der Waals surface area contributed by atoms with Crippen molar-refractivity contribution in [1.82, 2.24) is 9.55 Å². The minimum atomic E-state index is -0.605. The topological polar surface area (TPSA) is 77.1 Å². The van der Waals surface area contributed by atoms with Gasteiger partial charge in [0.2, 0.25) is 5.91 Å². The van der Waals surface area contributed by atoms with Crippen LogP contribution >= 0.6 is 23.1 Å². The van der Waals surface area contributed by atoms with Crippen LogP contribution in [0.15, 0.2) is 57.0 Å². The van der Waals surface area contributed by atoms with Gasteiger partial charge >= 0.3 is 0 Å². The second kappa shape index (κ2) is 9.15. The van der Waals surface area contributed by atoms with Crippen molar-refractivity contribution in [2.75, 3.05) is 5.32 Å². The van der Waals surface area contributed by atoms with Crippen molar-refractivity contribution in [1.29, 1.82) is 0 Å². The lowest BCUT2D eigenvalue weighted by Crippen LogP contribution is -2.27. The molecular weight excluding hydrogens is 461 g/mol. The van der Waals surface area contributed by atoms with E-state index in [4.69, 9.17) is 9.40 Å². The first-order valence-electron chi connectivity index (χ1n) is 10.8. The quantitative estimate of drug-likeness (QED) is 0.300. The molecule has 5 rings (SSSR count). The molecule has 0 fully saturated rings. The van der Waals surface area contributed by atoms with E-state index in [0.29, 0.717) is 21.1 Å².